The van der Waals surface area contributed by atoms with Crippen molar-refractivity contribution >= 4 is 0 Å². The van der Waals surface area contributed by atoms with Crippen molar-refractivity contribution in [3.05, 3.63) is 35.4 Å². The van der Waals surface area contributed by atoms with Crippen LogP contribution < -0.4 is 5.32 Å². The van der Waals surface area contributed by atoms with Crippen molar-refractivity contribution in [1.82, 2.24) is 5.32 Å². The number of hydrogen-bond acceptors (Lipinski definition) is 2. The van der Waals surface area contributed by atoms with Gasteiger partial charge < -0.3 is 10.4 Å². The van der Waals surface area contributed by atoms with Crippen LogP contribution >= 0.6 is 0 Å². The second-order valence-corrected chi connectivity index (χ2v) is 5.34. The van der Waals surface area contributed by atoms with E-state index in [1.165, 1.54) is 11.1 Å². The van der Waals surface area contributed by atoms with Crippen LogP contribution in [0.5, 0.6) is 0 Å². The highest BCUT2D eigenvalue weighted by atomic mass is 16.3. The van der Waals surface area contributed by atoms with Gasteiger partial charge in [0.05, 0.1) is 6.61 Å². The maximum absolute atomic E-state index is 9.64. The van der Waals surface area contributed by atoms with E-state index < -0.39 is 0 Å². The molecule has 1 aliphatic carbocycles. The van der Waals surface area contributed by atoms with E-state index in [2.05, 4.69) is 43.4 Å². The molecule has 88 valence electrons. The van der Waals surface area contributed by atoms with E-state index in [-0.39, 0.29) is 12.1 Å². The topological polar surface area (TPSA) is 32.3 Å². The van der Waals surface area contributed by atoms with Gasteiger partial charge in [-0.3, -0.25) is 0 Å². The summed E-state index contributed by atoms with van der Waals surface area (Å²) in [6, 6.07) is 8.50. The molecular formula is C14H21NO. The molecule has 0 amide bonds. The summed E-state index contributed by atoms with van der Waals surface area (Å²) in [6.07, 6.45) is 1.90. The zero-order chi connectivity index (χ0) is 11.6. The van der Waals surface area contributed by atoms with Crippen LogP contribution in [0.25, 0.3) is 0 Å². The van der Waals surface area contributed by atoms with Gasteiger partial charge >= 0.3 is 0 Å². The van der Waals surface area contributed by atoms with Crippen LogP contribution in [0.1, 0.15) is 25.0 Å². The first-order chi connectivity index (χ1) is 7.65. The van der Waals surface area contributed by atoms with Crippen molar-refractivity contribution in [3.8, 4) is 0 Å². The Balaban J connectivity index is 2.10. The van der Waals surface area contributed by atoms with Crippen molar-refractivity contribution in [2.45, 2.75) is 32.2 Å². The van der Waals surface area contributed by atoms with Gasteiger partial charge in [-0.1, -0.05) is 38.1 Å². The molecule has 0 heterocycles. The van der Waals surface area contributed by atoms with E-state index >= 15 is 0 Å². The van der Waals surface area contributed by atoms with Crippen LogP contribution in [0.2, 0.25) is 0 Å². The summed E-state index contributed by atoms with van der Waals surface area (Å²) in [7, 11) is 0. The fourth-order valence-corrected chi connectivity index (χ4v) is 2.41. The summed E-state index contributed by atoms with van der Waals surface area (Å²) in [6.45, 7) is 5.57. The van der Waals surface area contributed by atoms with Crippen molar-refractivity contribution in [3.63, 3.8) is 0 Å². The highest BCUT2D eigenvalue weighted by molar-refractivity contribution is 5.36. The Kier molecular flexibility index (Phi) is 3.31. The Labute approximate surface area is 97.7 Å². The SMILES string of the molecule is CC(C)CNC1(CO)Cc2ccccc2C1. The molecule has 0 spiro atoms. The zero-order valence-electron chi connectivity index (χ0n) is 10.2. The van der Waals surface area contributed by atoms with E-state index in [9.17, 15) is 5.11 Å². The standard InChI is InChI=1S/C14H21NO/c1-11(2)9-15-14(10-16)7-12-5-3-4-6-13(12)8-14/h3-6,11,15-16H,7-10H2,1-2H3. The van der Waals surface area contributed by atoms with Gasteiger partial charge in [-0.05, 0) is 36.4 Å². The molecule has 0 bridgehead atoms. The van der Waals surface area contributed by atoms with Crippen molar-refractivity contribution in [2.75, 3.05) is 13.2 Å². The lowest BCUT2D eigenvalue weighted by Crippen LogP contribution is -2.50. The first kappa shape index (κ1) is 11.6. The molecule has 0 fully saturated rings. The quantitative estimate of drug-likeness (QED) is 0.809. The lowest BCUT2D eigenvalue weighted by molar-refractivity contribution is 0.163. The Morgan fingerprint density at radius 1 is 1.25 bits per heavy atom. The summed E-state index contributed by atoms with van der Waals surface area (Å²) >= 11 is 0. The largest absolute Gasteiger partial charge is 0.394 e. The second kappa shape index (κ2) is 4.56. The minimum Gasteiger partial charge on any atom is -0.394 e. The number of rotatable bonds is 4. The highest BCUT2D eigenvalue weighted by Crippen LogP contribution is 2.29. The average molecular weight is 219 g/mol. The number of nitrogens with one attached hydrogen (secondary N) is 1. The minimum absolute atomic E-state index is 0.117. The van der Waals surface area contributed by atoms with Crippen LogP contribution in [0.4, 0.5) is 0 Å². The normalized spacial score (nSPS) is 17.8. The summed E-state index contributed by atoms with van der Waals surface area (Å²) in [4.78, 5) is 0. The zero-order valence-corrected chi connectivity index (χ0v) is 10.2. The monoisotopic (exact) mass is 219 g/mol. The van der Waals surface area contributed by atoms with E-state index in [1.54, 1.807) is 0 Å². The molecule has 1 aromatic carbocycles. The van der Waals surface area contributed by atoms with Gasteiger partial charge in [-0.2, -0.15) is 0 Å². The molecular weight excluding hydrogens is 198 g/mol. The minimum atomic E-state index is -0.117. The molecule has 2 N–H and O–H groups in total. The molecule has 0 saturated heterocycles. The first-order valence-corrected chi connectivity index (χ1v) is 6.08. The number of hydrogen-bond donors (Lipinski definition) is 2. The Morgan fingerprint density at radius 2 is 1.81 bits per heavy atom. The van der Waals surface area contributed by atoms with Gasteiger partial charge in [0.25, 0.3) is 0 Å². The molecule has 2 nitrogen and oxygen atoms in total. The van der Waals surface area contributed by atoms with E-state index in [0.717, 1.165) is 19.4 Å². The van der Waals surface area contributed by atoms with Gasteiger partial charge in [0.1, 0.15) is 0 Å². The van der Waals surface area contributed by atoms with Crippen molar-refractivity contribution in [1.29, 1.82) is 0 Å². The van der Waals surface area contributed by atoms with Crippen LogP contribution in [-0.4, -0.2) is 23.8 Å². The Morgan fingerprint density at radius 3 is 2.25 bits per heavy atom. The first-order valence-electron chi connectivity index (χ1n) is 6.08. The summed E-state index contributed by atoms with van der Waals surface area (Å²) in [5.74, 6) is 0.618. The lowest BCUT2D eigenvalue weighted by Gasteiger charge is -2.29. The second-order valence-electron chi connectivity index (χ2n) is 5.34. The van der Waals surface area contributed by atoms with E-state index in [4.69, 9.17) is 0 Å². The fourth-order valence-electron chi connectivity index (χ4n) is 2.41. The predicted octanol–water partition coefficient (Wildman–Crippen LogP) is 1.76. The molecule has 0 atom stereocenters. The maximum atomic E-state index is 9.64. The molecule has 1 aromatic rings. The van der Waals surface area contributed by atoms with Crippen LogP contribution in [0.15, 0.2) is 24.3 Å². The number of fused-ring (bicyclic) bond motifs is 1. The number of benzene rings is 1. The third-order valence-electron chi connectivity index (χ3n) is 3.36. The molecule has 0 unspecified atom stereocenters. The molecule has 2 rings (SSSR count). The smallest absolute Gasteiger partial charge is 0.0619 e. The maximum Gasteiger partial charge on any atom is 0.0619 e. The Hall–Kier alpha value is -0.860. The predicted molar refractivity (Wildman–Crippen MR) is 66.5 cm³/mol. The van der Waals surface area contributed by atoms with Gasteiger partial charge in [-0.25, -0.2) is 0 Å². The van der Waals surface area contributed by atoms with Crippen molar-refractivity contribution < 1.29 is 5.11 Å². The third-order valence-corrected chi connectivity index (χ3v) is 3.36. The van der Waals surface area contributed by atoms with E-state index in [1.807, 2.05) is 0 Å². The summed E-state index contributed by atoms with van der Waals surface area (Å²) in [5, 5.41) is 13.2. The molecule has 0 radical (unpaired) electrons. The van der Waals surface area contributed by atoms with Crippen LogP contribution in [0, 0.1) is 5.92 Å². The third kappa shape index (κ3) is 2.28. The van der Waals surface area contributed by atoms with Gasteiger partial charge in [0, 0.05) is 5.54 Å². The highest BCUT2D eigenvalue weighted by Gasteiger charge is 2.35. The molecule has 1 aliphatic rings. The van der Waals surface area contributed by atoms with Gasteiger partial charge in [0.15, 0.2) is 0 Å². The molecule has 16 heavy (non-hydrogen) atoms. The number of aliphatic hydroxyl groups is 1. The summed E-state index contributed by atoms with van der Waals surface area (Å²) < 4.78 is 0. The number of aliphatic hydroxyl groups excluding tert-OH is 1. The summed E-state index contributed by atoms with van der Waals surface area (Å²) in [5.41, 5.74) is 2.65. The fraction of sp³-hybridized carbons (Fsp3) is 0.571. The van der Waals surface area contributed by atoms with E-state index in [0.29, 0.717) is 5.92 Å². The lowest BCUT2D eigenvalue weighted by atomic mass is 9.96. The molecule has 2 heteroatoms. The van der Waals surface area contributed by atoms with Crippen LogP contribution in [-0.2, 0) is 12.8 Å². The Bertz CT molecular complexity index is 335. The van der Waals surface area contributed by atoms with Gasteiger partial charge in [0.2, 0.25) is 0 Å². The van der Waals surface area contributed by atoms with Crippen molar-refractivity contribution in [2.24, 2.45) is 5.92 Å². The molecule has 0 saturated carbocycles. The van der Waals surface area contributed by atoms with Crippen LogP contribution in [0.3, 0.4) is 0 Å². The molecule has 0 aromatic heterocycles. The van der Waals surface area contributed by atoms with Gasteiger partial charge in [-0.15, -0.1) is 0 Å². The molecule has 0 aliphatic heterocycles. The average Bonchev–Trinajstić information content (AvgIpc) is 2.65.